The molecule has 0 radical (unpaired) electrons. The first-order valence-corrected chi connectivity index (χ1v) is 4.71. The second kappa shape index (κ2) is 3.34. The third kappa shape index (κ3) is 1.26. The number of fused-ring (bicyclic) bond motifs is 1. The van der Waals surface area contributed by atoms with Crippen molar-refractivity contribution in [1.29, 1.82) is 0 Å². The lowest BCUT2D eigenvalue weighted by atomic mass is 10.2. The molecule has 72 valence electrons. The highest BCUT2D eigenvalue weighted by molar-refractivity contribution is 7.21. The molecular weight excluding hydrogens is 205 g/mol. The number of thiophene rings is 1. The van der Waals surface area contributed by atoms with Crippen molar-refractivity contribution in [1.82, 2.24) is 4.98 Å². The molecule has 0 unspecified atom stereocenters. The fraction of sp³-hybridized carbons (Fsp3) is 0.111. The highest BCUT2D eigenvalue weighted by Gasteiger charge is 2.16. The zero-order valence-electron chi connectivity index (χ0n) is 7.28. The molecule has 0 bridgehead atoms. The zero-order valence-corrected chi connectivity index (χ0v) is 8.10. The maximum atomic E-state index is 11.7. The van der Waals surface area contributed by atoms with Crippen LogP contribution >= 0.6 is 11.3 Å². The summed E-state index contributed by atoms with van der Waals surface area (Å²) in [5.41, 5.74) is 0.732. The highest BCUT2D eigenvalue weighted by atomic mass is 32.1. The van der Waals surface area contributed by atoms with Gasteiger partial charge in [0, 0.05) is 16.9 Å². The Morgan fingerprint density at radius 3 is 3.07 bits per heavy atom. The summed E-state index contributed by atoms with van der Waals surface area (Å²) in [6.45, 7) is 1.76. The summed E-state index contributed by atoms with van der Waals surface area (Å²) in [5, 5.41) is 0.908. The number of hydrogen-bond acceptors (Lipinski definition) is 4. The maximum Gasteiger partial charge on any atom is 0.389 e. The number of nitrogens with zero attached hydrogens (tertiary/aromatic N) is 1. The van der Waals surface area contributed by atoms with Crippen LogP contribution in [-0.4, -0.2) is 11.0 Å². The van der Waals surface area contributed by atoms with Crippen molar-refractivity contribution < 1.29 is 14.3 Å². The Bertz CT molecular complexity index is 495. The van der Waals surface area contributed by atoms with E-state index in [0.29, 0.717) is 0 Å². The Morgan fingerprint density at radius 2 is 2.43 bits per heavy atom. The predicted molar refractivity (Wildman–Crippen MR) is 50.9 cm³/mol. The normalized spacial score (nSPS) is 10.4. The van der Waals surface area contributed by atoms with E-state index in [1.807, 2.05) is 0 Å². The van der Waals surface area contributed by atoms with Gasteiger partial charge < -0.3 is 0 Å². The van der Waals surface area contributed by atoms with E-state index in [1.165, 1.54) is 11.3 Å². The van der Waals surface area contributed by atoms with Gasteiger partial charge in [-0.2, -0.15) is 0 Å². The van der Waals surface area contributed by atoms with E-state index in [-0.39, 0.29) is 4.88 Å². The lowest BCUT2D eigenvalue weighted by Crippen LogP contribution is -1.96. The van der Waals surface area contributed by atoms with Crippen LogP contribution in [0.1, 0.15) is 15.2 Å². The predicted octanol–water partition coefficient (Wildman–Crippen LogP) is 2.65. The fourth-order valence-electron chi connectivity index (χ4n) is 1.31. The van der Waals surface area contributed by atoms with Gasteiger partial charge in [0.1, 0.15) is 4.88 Å². The molecule has 2 rings (SSSR count). The third-order valence-electron chi connectivity index (χ3n) is 2.00. The average molecular weight is 211 g/mol. The van der Waals surface area contributed by atoms with Crippen molar-refractivity contribution in [2.24, 2.45) is 0 Å². The number of carbonyl (C=O) groups is 1. The van der Waals surface area contributed by atoms with Crippen molar-refractivity contribution in [3.8, 4) is 0 Å². The number of carbonyl (C=O) groups excluding carboxylic acids is 1. The lowest BCUT2D eigenvalue weighted by Gasteiger charge is -1.91. The summed E-state index contributed by atoms with van der Waals surface area (Å²) in [7, 11) is 0. The number of rotatable bonds is 1. The topological polar surface area (TPSA) is 39.2 Å². The first-order chi connectivity index (χ1) is 6.74. The molecule has 2 heterocycles. The quantitative estimate of drug-likeness (QED) is 0.727. The van der Waals surface area contributed by atoms with E-state index in [1.54, 1.807) is 25.4 Å². The number of aryl methyl sites for hydroxylation is 1. The monoisotopic (exact) mass is 211 g/mol. The van der Waals surface area contributed by atoms with Gasteiger partial charge >= 0.3 is 5.97 Å². The van der Waals surface area contributed by atoms with Crippen LogP contribution < -0.4 is 0 Å². The van der Waals surface area contributed by atoms with E-state index >= 15 is 0 Å². The first-order valence-electron chi connectivity index (χ1n) is 3.90. The molecule has 0 aliphatic carbocycles. The minimum Gasteiger partial charge on any atom is -0.263 e. The fourth-order valence-corrected chi connectivity index (χ4v) is 2.35. The molecule has 0 aliphatic heterocycles. The van der Waals surface area contributed by atoms with E-state index < -0.39 is 5.97 Å². The zero-order chi connectivity index (χ0) is 10.1. The second-order valence-corrected chi connectivity index (χ2v) is 3.84. The first kappa shape index (κ1) is 9.08. The summed E-state index contributed by atoms with van der Waals surface area (Å²) in [4.78, 5) is 18.4. The minimum atomic E-state index is -0.941. The molecule has 2 aromatic heterocycles. The number of aromatic nitrogens is 1. The Labute approximate surface area is 83.0 Å². The lowest BCUT2D eigenvalue weighted by molar-refractivity contribution is -0.0783. The van der Waals surface area contributed by atoms with Crippen LogP contribution in [0.15, 0.2) is 18.5 Å². The van der Waals surface area contributed by atoms with Gasteiger partial charge in [0.2, 0.25) is 0 Å². The van der Waals surface area contributed by atoms with Crippen LogP contribution in [0.4, 0.5) is 4.53 Å². The van der Waals surface area contributed by atoms with Crippen molar-refractivity contribution in [3.05, 3.63) is 28.9 Å². The number of halogens is 1. The maximum absolute atomic E-state index is 11.7. The van der Waals surface area contributed by atoms with Crippen LogP contribution in [0.5, 0.6) is 0 Å². The Morgan fingerprint density at radius 1 is 1.64 bits per heavy atom. The molecule has 0 saturated heterocycles. The third-order valence-corrected chi connectivity index (χ3v) is 3.22. The van der Waals surface area contributed by atoms with Crippen molar-refractivity contribution in [2.45, 2.75) is 6.92 Å². The Hall–Kier alpha value is -1.49. The van der Waals surface area contributed by atoms with Crippen LogP contribution in [0.25, 0.3) is 10.1 Å². The molecule has 5 heteroatoms. The molecule has 0 amide bonds. The van der Waals surface area contributed by atoms with Crippen LogP contribution in [0.2, 0.25) is 0 Å². The molecule has 0 saturated carbocycles. The van der Waals surface area contributed by atoms with Crippen LogP contribution in [0.3, 0.4) is 0 Å². The van der Waals surface area contributed by atoms with Gasteiger partial charge in [-0.3, -0.25) is 4.98 Å². The van der Waals surface area contributed by atoms with Gasteiger partial charge in [-0.05, 0) is 23.9 Å². The summed E-state index contributed by atoms with van der Waals surface area (Å²) in [6, 6.07) is 1.79. The molecule has 3 nitrogen and oxygen atoms in total. The van der Waals surface area contributed by atoms with Gasteiger partial charge in [-0.15, -0.1) is 11.3 Å². The molecule has 2 aromatic rings. The summed E-state index contributed by atoms with van der Waals surface area (Å²) in [6.07, 6.45) is 3.27. The number of hydrogen-bond donors (Lipinski definition) is 0. The van der Waals surface area contributed by atoms with E-state index in [9.17, 15) is 9.32 Å². The van der Waals surface area contributed by atoms with Gasteiger partial charge in [0.05, 0.1) is 4.70 Å². The smallest absolute Gasteiger partial charge is 0.263 e. The van der Waals surface area contributed by atoms with Gasteiger partial charge in [-0.1, -0.05) is 0 Å². The standard InChI is InChI=1S/C9H6FNO2S/c1-5-6-2-3-11-4-7(6)14-8(5)9(12)13-10/h2-4H,1H3. The summed E-state index contributed by atoms with van der Waals surface area (Å²) < 4.78 is 12.6. The van der Waals surface area contributed by atoms with E-state index in [0.717, 1.165) is 15.6 Å². The van der Waals surface area contributed by atoms with Gasteiger partial charge in [0.25, 0.3) is 0 Å². The van der Waals surface area contributed by atoms with Gasteiger partial charge in [-0.25, -0.2) is 9.74 Å². The Kier molecular flexibility index (Phi) is 2.17. The molecule has 0 fully saturated rings. The average Bonchev–Trinajstić information content (AvgIpc) is 2.56. The molecule has 0 aromatic carbocycles. The van der Waals surface area contributed by atoms with Crippen molar-refractivity contribution in [2.75, 3.05) is 0 Å². The van der Waals surface area contributed by atoms with Crippen LogP contribution in [-0.2, 0) is 4.94 Å². The highest BCUT2D eigenvalue weighted by Crippen LogP contribution is 2.30. The summed E-state index contributed by atoms with van der Waals surface area (Å²) in [5.74, 6) is -0.941. The van der Waals surface area contributed by atoms with E-state index in [2.05, 4.69) is 9.93 Å². The molecule has 0 N–H and O–H groups in total. The second-order valence-electron chi connectivity index (χ2n) is 2.79. The molecular formula is C9H6FNO2S. The largest absolute Gasteiger partial charge is 0.389 e. The van der Waals surface area contributed by atoms with E-state index in [4.69, 9.17) is 0 Å². The molecule has 0 aliphatic rings. The van der Waals surface area contributed by atoms with Gasteiger partial charge in [0.15, 0.2) is 0 Å². The summed E-state index contributed by atoms with van der Waals surface area (Å²) >= 11 is 1.18. The molecule has 0 atom stereocenters. The molecule has 0 spiro atoms. The Balaban J connectivity index is 2.68. The van der Waals surface area contributed by atoms with Crippen LogP contribution in [0, 0.1) is 6.92 Å². The minimum absolute atomic E-state index is 0.288. The van der Waals surface area contributed by atoms with Crippen molar-refractivity contribution >= 4 is 27.4 Å². The van der Waals surface area contributed by atoms with Crippen molar-refractivity contribution in [3.63, 3.8) is 0 Å². The number of pyridine rings is 1. The SMILES string of the molecule is Cc1c(C(=O)OF)sc2cnccc12. The molecule has 14 heavy (non-hydrogen) atoms.